The Hall–Kier alpha value is -1.19. The molecule has 0 aromatic rings. The predicted octanol–water partition coefficient (Wildman–Crippen LogP) is 1.90. The van der Waals surface area contributed by atoms with Gasteiger partial charge in [-0.25, -0.2) is 0 Å². The summed E-state index contributed by atoms with van der Waals surface area (Å²) in [6.07, 6.45) is 8.60. The lowest BCUT2D eigenvalue weighted by Crippen LogP contribution is -2.31. The molecule has 0 radical (unpaired) electrons. The second kappa shape index (κ2) is 12.4. The molecule has 0 amide bonds. The maximum atomic E-state index is 11.5. The van der Waals surface area contributed by atoms with Crippen LogP contribution in [-0.4, -0.2) is 59.2 Å². The van der Waals surface area contributed by atoms with Crippen LogP contribution in [0, 0.1) is 23.7 Å². The molecule has 2 fully saturated rings. The van der Waals surface area contributed by atoms with Crippen LogP contribution in [-0.2, 0) is 33.4 Å². The van der Waals surface area contributed by atoms with Crippen molar-refractivity contribution in [3.8, 4) is 0 Å². The molecule has 2 aliphatic rings. The summed E-state index contributed by atoms with van der Waals surface area (Å²) in [5.41, 5.74) is 0. The summed E-state index contributed by atoms with van der Waals surface area (Å²) in [7, 11) is -0.671. The number of rotatable bonds is 6. The number of hydrogen-bond acceptors (Lipinski definition) is 8. The highest BCUT2D eigenvalue weighted by atomic mass is 32.2. The fourth-order valence-electron chi connectivity index (χ4n) is 3.97. The van der Waals surface area contributed by atoms with Crippen molar-refractivity contribution >= 4 is 22.1 Å². The van der Waals surface area contributed by atoms with Gasteiger partial charge in [0.25, 0.3) is 10.1 Å². The van der Waals surface area contributed by atoms with E-state index in [9.17, 15) is 18.0 Å². The van der Waals surface area contributed by atoms with Crippen molar-refractivity contribution in [2.45, 2.75) is 51.4 Å². The van der Waals surface area contributed by atoms with Gasteiger partial charge in [0.2, 0.25) is 0 Å². The van der Waals surface area contributed by atoms with E-state index in [1.807, 2.05) is 0 Å². The third kappa shape index (κ3) is 8.45. The van der Waals surface area contributed by atoms with Gasteiger partial charge < -0.3 is 14.6 Å². The van der Waals surface area contributed by atoms with Crippen molar-refractivity contribution in [1.29, 1.82) is 0 Å². The van der Waals surface area contributed by atoms with Crippen molar-refractivity contribution in [3.05, 3.63) is 0 Å². The van der Waals surface area contributed by atoms with Crippen molar-refractivity contribution < 1.29 is 36.8 Å². The fourth-order valence-corrected chi connectivity index (χ4v) is 4.39. The average molecular weight is 423 g/mol. The van der Waals surface area contributed by atoms with Crippen LogP contribution in [0.1, 0.15) is 51.4 Å². The molecule has 4 atom stereocenters. The molecule has 2 rings (SSSR count). The number of aliphatic hydroxyl groups excluding tert-OH is 1. The Labute approximate surface area is 168 Å². The van der Waals surface area contributed by atoms with Crippen LogP contribution in [0.25, 0.3) is 0 Å². The van der Waals surface area contributed by atoms with Gasteiger partial charge in [-0.2, -0.15) is 8.42 Å². The summed E-state index contributed by atoms with van der Waals surface area (Å²) in [6, 6.07) is 0. The molecule has 9 heteroatoms. The first-order valence-corrected chi connectivity index (χ1v) is 11.7. The maximum Gasteiger partial charge on any atom is 0.309 e. The molecule has 1 N–H and O–H groups in total. The number of carbonyl (C=O) groups is 2. The zero-order valence-corrected chi connectivity index (χ0v) is 17.9. The van der Waals surface area contributed by atoms with Gasteiger partial charge in [0.05, 0.1) is 38.9 Å². The highest BCUT2D eigenvalue weighted by Crippen LogP contribution is 2.31. The number of esters is 2. The van der Waals surface area contributed by atoms with Crippen LogP contribution in [0.2, 0.25) is 0 Å². The number of ether oxygens (including phenoxy) is 2. The molecule has 0 saturated heterocycles. The minimum atomic E-state index is -3.43. The molecule has 28 heavy (non-hydrogen) atoms. The second-order valence-corrected chi connectivity index (χ2v) is 9.16. The third-order valence-corrected chi connectivity index (χ3v) is 6.12. The van der Waals surface area contributed by atoms with Crippen LogP contribution in [0.3, 0.4) is 0 Å². The summed E-state index contributed by atoms with van der Waals surface area (Å²) in [5.74, 6) is -0.619. The molecule has 2 unspecified atom stereocenters. The molecule has 0 spiro atoms. The van der Waals surface area contributed by atoms with E-state index in [0.717, 1.165) is 57.6 Å². The largest absolute Gasteiger partial charge is 0.469 e. The Balaban J connectivity index is 0.000000292. The molecular formula is C19H34O8S. The molecule has 0 aromatic carbocycles. The zero-order chi connectivity index (χ0) is 21.2. The highest BCUT2D eigenvalue weighted by Gasteiger charge is 2.32. The van der Waals surface area contributed by atoms with E-state index in [0.29, 0.717) is 0 Å². The van der Waals surface area contributed by atoms with Gasteiger partial charge in [0.15, 0.2) is 0 Å². The summed E-state index contributed by atoms with van der Waals surface area (Å²) in [4.78, 5) is 22.7. The lowest BCUT2D eigenvalue weighted by molar-refractivity contribution is -0.150. The Bertz CT molecular complexity index is 589. The Morgan fingerprint density at radius 1 is 0.857 bits per heavy atom. The molecule has 0 bridgehead atoms. The van der Waals surface area contributed by atoms with Crippen molar-refractivity contribution in [3.63, 3.8) is 0 Å². The molecule has 8 nitrogen and oxygen atoms in total. The fraction of sp³-hybridized carbons (Fsp3) is 0.895. The average Bonchev–Trinajstić information content (AvgIpc) is 2.71. The second-order valence-electron chi connectivity index (χ2n) is 7.52. The van der Waals surface area contributed by atoms with Gasteiger partial charge in [0, 0.05) is 6.61 Å². The van der Waals surface area contributed by atoms with Crippen molar-refractivity contribution in [2.24, 2.45) is 23.7 Å². The van der Waals surface area contributed by atoms with Crippen LogP contribution < -0.4 is 0 Å². The number of aliphatic hydroxyl groups is 1. The summed E-state index contributed by atoms with van der Waals surface area (Å²) in [6.45, 7) is 0.193. The molecular weight excluding hydrogens is 388 g/mol. The smallest absolute Gasteiger partial charge is 0.309 e. The number of methoxy groups -OCH3 is 2. The Morgan fingerprint density at radius 2 is 1.29 bits per heavy atom. The van der Waals surface area contributed by atoms with E-state index >= 15 is 0 Å². The van der Waals surface area contributed by atoms with E-state index in [1.165, 1.54) is 14.2 Å². The van der Waals surface area contributed by atoms with Gasteiger partial charge in [-0.15, -0.1) is 0 Å². The molecule has 164 valence electrons. The van der Waals surface area contributed by atoms with Crippen LogP contribution in [0.5, 0.6) is 0 Å². The van der Waals surface area contributed by atoms with E-state index in [2.05, 4.69) is 4.74 Å². The summed E-state index contributed by atoms with van der Waals surface area (Å²) >= 11 is 0. The van der Waals surface area contributed by atoms with Crippen LogP contribution >= 0.6 is 0 Å². The topological polar surface area (TPSA) is 116 Å². The minimum Gasteiger partial charge on any atom is -0.469 e. The quantitative estimate of drug-likeness (QED) is 0.510. The van der Waals surface area contributed by atoms with E-state index in [-0.39, 0.29) is 48.8 Å². The van der Waals surface area contributed by atoms with Gasteiger partial charge in [0.1, 0.15) is 0 Å². The summed E-state index contributed by atoms with van der Waals surface area (Å²) < 4.78 is 35.9. The molecule has 0 heterocycles. The molecule has 0 aliphatic heterocycles. The van der Waals surface area contributed by atoms with Crippen molar-refractivity contribution in [1.82, 2.24) is 0 Å². The Morgan fingerprint density at radius 3 is 1.71 bits per heavy atom. The standard InChI is InChI=1S/C10H18O5S.C9H16O3/c1-14-10(11)9-6-4-3-5-8(9)7-15-16(2,12)13;1-12-9(11)8-5-3-2-4-7(8)6-10/h8-9H,3-7H2,1-2H3;7-8,10H,2-6H2,1H3/t8-,9+;/m1./s1. The van der Waals surface area contributed by atoms with Gasteiger partial charge in [-0.3, -0.25) is 13.8 Å². The first-order valence-electron chi connectivity index (χ1n) is 9.84. The first kappa shape index (κ1) is 24.8. The minimum absolute atomic E-state index is 0.0454. The molecule has 2 saturated carbocycles. The number of hydrogen-bond donors (Lipinski definition) is 1. The van der Waals surface area contributed by atoms with E-state index in [4.69, 9.17) is 14.0 Å². The maximum absolute atomic E-state index is 11.5. The highest BCUT2D eigenvalue weighted by molar-refractivity contribution is 7.85. The lowest BCUT2D eigenvalue weighted by atomic mass is 9.80. The third-order valence-electron chi connectivity index (χ3n) is 5.56. The van der Waals surface area contributed by atoms with E-state index < -0.39 is 10.1 Å². The predicted molar refractivity (Wildman–Crippen MR) is 103 cm³/mol. The normalized spacial score (nSPS) is 27.9. The SMILES string of the molecule is COC(=O)C1CCCCC1CO.COC(=O)[C@H]1CCCC[C@@H]1COS(C)(=O)=O. The Kier molecular flexibility index (Phi) is 11.0. The number of carbonyl (C=O) groups excluding carboxylic acids is 2. The van der Waals surface area contributed by atoms with Crippen LogP contribution in [0.15, 0.2) is 0 Å². The first-order chi connectivity index (χ1) is 13.2. The lowest BCUT2D eigenvalue weighted by Gasteiger charge is -2.28. The van der Waals surface area contributed by atoms with E-state index in [1.54, 1.807) is 0 Å². The molecule has 0 aromatic heterocycles. The summed E-state index contributed by atoms with van der Waals surface area (Å²) in [5, 5.41) is 9.00. The van der Waals surface area contributed by atoms with Gasteiger partial charge in [-0.05, 0) is 37.5 Å². The van der Waals surface area contributed by atoms with Gasteiger partial charge in [-0.1, -0.05) is 25.7 Å². The molecule has 2 aliphatic carbocycles. The monoisotopic (exact) mass is 422 g/mol. The van der Waals surface area contributed by atoms with Crippen molar-refractivity contribution in [2.75, 3.05) is 33.7 Å². The zero-order valence-electron chi connectivity index (χ0n) is 17.1. The van der Waals surface area contributed by atoms with Gasteiger partial charge >= 0.3 is 11.9 Å². The van der Waals surface area contributed by atoms with Crippen LogP contribution in [0.4, 0.5) is 0 Å².